The molecule has 0 spiro atoms. The van der Waals surface area contributed by atoms with Crippen LogP contribution >= 0.6 is 11.6 Å². The van der Waals surface area contributed by atoms with Crippen molar-refractivity contribution in [2.24, 2.45) is 0 Å². The van der Waals surface area contributed by atoms with E-state index in [4.69, 9.17) is 11.6 Å². The predicted octanol–water partition coefficient (Wildman–Crippen LogP) is 1.66. The van der Waals surface area contributed by atoms with E-state index in [2.05, 4.69) is 15.3 Å². The first-order valence-corrected chi connectivity index (χ1v) is 4.45. The first-order valence-electron chi connectivity index (χ1n) is 4.01. The summed E-state index contributed by atoms with van der Waals surface area (Å²) in [6.07, 6.45) is 7.12. The van der Waals surface area contributed by atoms with Crippen molar-refractivity contribution in [3.63, 3.8) is 0 Å². The number of nitrogens with one attached hydrogen (secondary N) is 1. The number of nitrogens with zero attached hydrogens (tertiary/aromatic N) is 2. The summed E-state index contributed by atoms with van der Waals surface area (Å²) in [7, 11) is 0. The monoisotopic (exact) mass is 183 g/mol. The Kier molecular flexibility index (Phi) is 2.13. The number of hydrogen-bond acceptors (Lipinski definition) is 3. The molecule has 0 amide bonds. The van der Waals surface area contributed by atoms with E-state index >= 15 is 0 Å². The third-order valence-electron chi connectivity index (χ3n) is 2.00. The van der Waals surface area contributed by atoms with Gasteiger partial charge in [-0.15, -0.1) is 11.6 Å². The van der Waals surface area contributed by atoms with Crippen molar-refractivity contribution in [3.05, 3.63) is 18.6 Å². The van der Waals surface area contributed by atoms with Gasteiger partial charge in [-0.1, -0.05) is 0 Å². The van der Waals surface area contributed by atoms with Crippen LogP contribution in [-0.4, -0.2) is 21.4 Å². The lowest BCUT2D eigenvalue weighted by molar-refractivity contribution is 0.453. The van der Waals surface area contributed by atoms with Gasteiger partial charge < -0.3 is 5.32 Å². The Morgan fingerprint density at radius 2 is 2.25 bits per heavy atom. The third kappa shape index (κ3) is 1.67. The van der Waals surface area contributed by atoms with E-state index < -0.39 is 0 Å². The molecular formula is C8H10ClN3. The number of halogens is 1. The lowest BCUT2D eigenvalue weighted by atomic mass is 9.92. The maximum absolute atomic E-state index is 5.83. The Morgan fingerprint density at radius 3 is 2.83 bits per heavy atom. The van der Waals surface area contributed by atoms with Crippen LogP contribution in [0.4, 0.5) is 5.82 Å². The smallest absolute Gasteiger partial charge is 0.144 e. The zero-order valence-corrected chi connectivity index (χ0v) is 7.33. The predicted molar refractivity (Wildman–Crippen MR) is 48.3 cm³/mol. The first-order chi connectivity index (χ1) is 5.84. The topological polar surface area (TPSA) is 37.8 Å². The Balaban J connectivity index is 1.88. The van der Waals surface area contributed by atoms with Crippen LogP contribution in [0.1, 0.15) is 12.8 Å². The van der Waals surface area contributed by atoms with Crippen molar-refractivity contribution in [2.75, 3.05) is 5.32 Å². The van der Waals surface area contributed by atoms with Crippen LogP contribution in [0, 0.1) is 0 Å². The summed E-state index contributed by atoms with van der Waals surface area (Å²) >= 11 is 5.83. The zero-order valence-electron chi connectivity index (χ0n) is 6.57. The molecule has 0 radical (unpaired) electrons. The number of rotatable bonds is 2. The Bertz CT molecular complexity index is 246. The van der Waals surface area contributed by atoms with Gasteiger partial charge in [-0.3, -0.25) is 4.98 Å². The molecule has 1 saturated carbocycles. The standard InChI is InChI=1S/C8H10ClN3/c9-6-3-7(4-6)12-8-5-10-1-2-11-8/h1-2,5-7H,3-4H2,(H,11,12). The molecule has 0 bridgehead atoms. The zero-order chi connectivity index (χ0) is 8.39. The van der Waals surface area contributed by atoms with Gasteiger partial charge in [-0.25, -0.2) is 4.98 Å². The summed E-state index contributed by atoms with van der Waals surface area (Å²) < 4.78 is 0. The first kappa shape index (κ1) is 7.80. The number of hydrogen-bond donors (Lipinski definition) is 1. The van der Waals surface area contributed by atoms with E-state index in [-0.39, 0.29) is 0 Å². The summed E-state index contributed by atoms with van der Waals surface area (Å²) in [5.74, 6) is 0.839. The maximum atomic E-state index is 5.83. The van der Waals surface area contributed by atoms with Crippen LogP contribution in [0.25, 0.3) is 0 Å². The summed E-state index contributed by atoms with van der Waals surface area (Å²) in [5.41, 5.74) is 0. The van der Waals surface area contributed by atoms with E-state index in [0.29, 0.717) is 11.4 Å². The van der Waals surface area contributed by atoms with Crippen LogP contribution in [0.2, 0.25) is 0 Å². The Hall–Kier alpha value is -0.830. The molecular weight excluding hydrogens is 174 g/mol. The van der Waals surface area contributed by atoms with Crippen molar-refractivity contribution in [2.45, 2.75) is 24.3 Å². The fraction of sp³-hybridized carbons (Fsp3) is 0.500. The number of anilines is 1. The molecule has 0 atom stereocenters. The average Bonchev–Trinajstić information content (AvgIpc) is 2.04. The molecule has 1 N–H and O–H groups in total. The van der Waals surface area contributed by atoms with Gasteiger partial charge in [0, 0.05) is 23.8 Å². The fourth-order valence-electron chi connectivity index (χ4n) is 1.25. The van der Waals surface area contributed by atoms with Crippen molar-refractivity contribution < 1.29 is 0 Å². The number of alkyl halides is 1. The molecule has 2 rings (SSSR count). The minimum Gasteiger partial charge on any atom is -0.366 e. The molecule has 4 heteroatoms. The second-order valence-electron chi connectivity index (χ2n) is 3.00. The van der Waals surface area contributed by atoms with Gasteiger partial charge in [-0.05, 0) is 12.8 Å². The Labute approximate surface area is 76.2 Å². The van der Waals surface area contributed by atoms with Crippen molar-refractivity contribution in [3.8, 4) is 0 Å². The molecule has 1 fully saturated rings. The van der Waals surface area contributed by atoms with E-state index in [9.17, 15) is 0 Å². The summed E-state index contributed by atoms with van der Waals surface area (Å²) in [5, 5.41) is 3.60. The molecule has 1 aliphatic rings. The van der Waals surface area contributed by atoms with E-state index in [1.54, 1.807) is 18.6 Å². The third-order valence-corrected chi connectivity index (χ3v) is 2.35. The second-order valence-corrected chi connectivity index (χ2v) is 3.62. The van der Waals surface area contributed by atoms with E-state index in [1.807, 2.05) is 0 Å². The highest BCUT2D eigenvalue weighted by molar-refractivity contribution is 6.21. The van der Waals surface area contributed by atoms with Crippen LogP contribution < -0.4 is 5.32 Å². The molecule has 3 nitrogen and oxygen atoms in total. The molecule has 64 valence electrons. The molecule has 1 aromatic rings. The van der Waals surface area contributed by atoms with Gasteiger partial charge in [0.25, 0.3) is 0 Å². The van der Waals surface area contributed by atoms with Gasteiger partial charge >= 0.3 is 0 Å². The van der Waals surface area contributed by atoms with Crippen LogP contribution in [0.3, 0.4) is 0 Å². The minimum absolute atomic E-state index is 0.346. The highest BCUT2D eigenvalue weighted by Gasteiger charge is 2.26. The minimum atomic E-state index is 0.346. The SMILES string of the molecule is ClC1CC(Nc2cnccn2)C1. The van der Waals surface area contributed by atoms with Crippen molar-refractivity contribution in [1.29, 1.82) is 0 Å². The molecule has 0 aliphatic heterocycles. The largest absolute Gasteiger partial charge is 0.366 e. The normalized spacial score (nSPS) is 27.8. The molecule has 0 unspecified atom stereocenters. The van der Waals surface area contributed by atoms with Gasteiger partial charge in [0.2, 0.25) is 0 Å². The molecule has 0 aromatic carbocycles. The summed E-state index contributed by atoms with van der Waals surface area (Å²) in [6.45, 7) is 0. The van der Waals surface area contributed by atoms with E-state index in [1.165, 1.54) is 0 Å². The fourth-order valence-corrected chi connectivity index (χ4v) is 1.68. The lowest BCUT2D eigenvalue weighted by Crippen LogP contribution is -2.36. The summed E-state index contributed by atoms with van der Waals surface area (Å²) in [4.78, 5) is 8.07. The van der Waals surface area contributed by atoms with Crippen LogP contribution in [0.15, 0.2) is 18.6 Å². The van der Waals surface area contributed by atoms with Crippen molar-refractivity contribution >= 4 is 17.4 Å². The molecule has 1 aromatic heterocycles. The number of aromatic nitrogens is 2. The second kappa shape index (κ2) is 3.27. The van der Waals surface area contributed by atoms with Crippen LogP contribution in [0.5, 0.6) is 0 Å². The molecule has 0 saturated heterocycles. The van der Waals surface area contributed by atoms with Gasteiger partial charge in [0.1, 0.15) is 5.82 Å². The molecule has 12 heavy (non-hydrogen) atoms. The average molecular weight is 184 g/mol. The van der Waals surface area contributed by atoms with Gasteiger partial charge in [-0.2, -0.15) is 0 Å². The van der Waals surface area contributed by atoms with Crippen LogP contribution in [-0.2, 0) is 0 Å². The Morgan fingerprint density at radius 1 is 1.42 bits per heavy atom. The highest BCUT2D eigenvalue weighted by Crippen LogP contribution is 2.27. The van der Waals surface area contributed by atoms with Crippen molar-refractivity contribution in [1.82, 2.24) is 9.97 Å². The van der Waals surface area contributed by atoms with Gasteiger partial charge in [0.05, 0.1) is 6.20 Å². The van der Waals surface area contributed by atoms with E-state index in [0.717, 1.165) is 18.7 Å². The van der Waals surface area contributed by atoms with Gasteiger partial charge in [0.15, 0.2) is 0 Å². The summed E-state index contributed by atoms with van der Waals surface area (Å²) in [6, 6.07) is 0.490. The quantitative estimate of drug-likeness (QED) is 0.709. The molecule has 1 aliphatic carbocycles. The lowest BCUT2D eigenvalue weighted by Gasteiger charge is -2.31. The molecule has 1 heterocycles. The highest BCUT2D eigenvalue weighted by atomic mass is 35.5. The maximum Gasteiger partial charge on any atom is 0.144 e.